The second kappa shape index (κ2) is 17.7. The van der Waals surface area contributed by atoms with E-state index >= 15 is 4.39 Å². The van der Waals surface area contributed by atoms with Crippen LogP contribution >= 0.6 is 0 Å². The van der Waals surface area contributed by atoms with E-state index in [-0.39, 0.29) is 42.8 Å². The number of methoxy groups -OCH3 is 1. The van der Waals surface area contributed by atoms with Gasteiger partial charge in [-0.15, -0.1) is 0 Å². The minimum absolute atomic E-state index is 0.0257. The van der Waals surface area contributed by atoms with Crippen molar-refractivity contribution in [1.29, 1.82) is 0 Å². The zero-order chi connectivity index (χ0) is 37.6. The number of hydrogen-bond donors (Lipinski definition) is 0. The van der Waals surface area contributed by atoms with Gasteiger partial charge in [0.15, 0.2) is 5.78 Å². The van der Waals surface area contributed by atoms with Gasteiger partial charge < -0.3 is 9.47 Å². The highest BCUT2D eigenvalue weighted by Crippen LogP contribution is 2.38. The lowest BCUT2D eigenvalue weighted by molar-refractivity contribution is -0.143. The SMILES string of the molecule is CCOC(=O)C[C@H](CCC(=O)[C@H](C([SiH3])CC(C)C)n1nc(CCN2CC(F)C2)c(C)cc1=O)c1cc(-c2c(C)cc(OC)cc2C)cc(C)c1F. The van der Waals surface area contributed by atoms with Crippen LogP contribution in [0.3, 0.4) is 0 Å². The predicted molar refractivity (Wildman–Crippen MR) is 201 cm³/mol. The molecule has 3 aromatic rings. The molecule has 11 heteroatoms. The number of alkyl halides is 1. The zero-order valence-electron chi connectivity index (χ0n) is 31.8. The van der Waals surface area contributed by atoms with Crippen molar-refractivity contribution in [3.05, 3.63) is 80.0 Å². The van der Waals surface area contributed by atoms with E-state index in [1.165, 1.54) is 10.7 Å². The lowest BCUT2D eigenvalue weighted by Crippen LogP contribution is -2.49. The first kappa shape index (κ1) is 40.1. The van der Waals surface area contributed by atoms with Crippen LogP contribution in [0, 0.1) is 39.4 Å². The fourth-order valence-corrected chi connectivity index (χ4v) is 9.15. The average Bonchev–Trinajstić information content (AvgIpc) is 3.03. The number of ether oxygens (including phenoxy) is 2. The Balaban J connectivity index is 1.70. The Bertz CT molecular complexity index is 1750. The van der Waals surface area contributed by atoms with E-state index in [4.69, 9.17) is 14.6 Å². The lowest BCUT2D eigenvalue weighted by atomic mass is 9.84. The minimum Gasteiger partial charge on any atom is -0.497 e. The fraction of sp³-hybridized carbons (Fsp3) is 0.550. The summed E-state index contributed by atoms with van der Waals surface area (Å²) in [4.78, 5) is 42.8. The number of benzene rings is 2. The number of aryl methyl sites for hydroxylation is 4. The van der Waals surface area contributed by atoms with Crippen LogP contribution in [0.5, 0.6) is 5.75 Å². The third kappa shape index (κ3) is 10.0. The number of halogens is 2. The molecular formula is C40H55F2N3O5Si. The van der Waals surface area contributed by atoms with Gasteiger partial charge in [0.05, 0.1) is 25.8 Å². The number of aromatic nitrogens is 2. The number of likely N-dealkylation sites (tertiary alicyclic amines) is 1. The molecule has 0 aliphatic carbocycles. The van der Waals surface area contributed by atoms with Crippen LogP contribution in [0.1, 0.15) is 91.9 Å². The molecule has 0 radical (unpaired) electrons. The Morgan fingerprint density at radius 2 is 1.69 bits per heavy atom. The molecule has 1 fully saturated rings. The Labute approximate surface area is 304 Å². The molecule has 51 heavy (non-hydrogen) atoms. The van der Waals surface area contributed by atoms with Crippen molar-refractivity contribution in [1.82, 2.24) is 14.7 Å². The molecule has 1 aliphatic heterocycles. The normalized spacial score (nSPS) is 15.4. The molecular weight excluding hydrogens is 669 g/mol. The quantitative estimate of drug-likeness (QED) is 0.119. The lowest BCUT2D eigenvalue weighted by Gasteiger charge is -2.34. The molecule has 2 heterocycles. The number of nitrogens with zero attached hydrogens (tertiary/aromatic N) is 3. The first-order chi connectivity index (χ1) is 24.1. The molecule has 8 nitrogen and oxygen atoms in total. The van der Waals surface area contributed by atoms with E-state index in [1.54, 1.807) is 27.0 Å². The summed E-state index contributed by atoms with van der Waals surface area (Å²) in [5, 5.41) is 4.77. The summed E-state index contributed by atoms with van der Waals surface area (Å²) in [6.07, 6.45) is 0.606. The second-order valence-corrected chi connectivity index (χ2v) is 16.2. The van der Waals surface area contributed by atoms with Gasteiger partial charge in [0.25, 0.3) is 5.56 Å². The standard InChI is InChI=1S/C40H55F2N3O5Si/c1-9-50-37(48)20-28(32-19-29(15-27(7)39(32)42)38-25(5)16-31(49-8)17-26(38)6)10-11-34(46)40(35(51)14-23(2)3)45-36(47)18-24(4)33(43-45)12-13-44-21-30(41)22-44/h15-19,23,28,30,35,40H,9-14,20-22H2,1-8,51H3/t28-,35?,40+/m0/s1. The van der Waals surface area contributed by atoms with Crippen molar-refractivity contribution < 1.29 is 27.8 Å². The van der Waals surface area contributed by atoms with E-state index < -0.39 is 29.9 Å². The Kier molecular flexibility index (Phi) is 13.9. The largest absolute Gasteiger partial charge is 0.497 e. The minimum atomic E-state index is -0.806. The monoisotopic (exact) mass is 723 g/mol. The molecule has 0 saturated carbocycles. The average molecular weight is 724 g/mol. The highest BCUT2D eigenvalue weighted by atomic mass is 28.1. The molecule has 2 aromatic carbocycles. The maximum Gasteiger partial charge on any atom is 0.306 e. The maximum absolute atomic E-state index is 16.1. The summed E-state index contributed by atoms with van der Waals surface area (Å²) in [7, 11) is 2.27. The number of ketones is 1. The Hall–Kier alpha value is -3.70. The summed E-state index contributed by atoms with van der Waals surface area (Å²) < 4.78 is 41.7. The van der Waals surface area contributed by atoms with Crippen LogP contribution in [-0.2, 0) is 20.7 Å². The number of rotatable bonds is 17. The first-order valence-corrected chi connectivity index (χ1v) is 19.4. The zero-order valence-corrected chi connectivity index (χ0v) is 33.8. The molecule has 1 aliphatic rings. The summed E-state index contributed by atoms with van der Waals surface area (Å²) in [5.41, 5.74) is 5.56. The van der Waals surface area contributed by atoms with Crippen LogP contribution in [0.25, 0.3) is 11.1 Å². The van der Waals surface area contributed by atoms with Crippen molar-refractivity contribution in [3.63, 3.8) is 0 Å². The molecule has 0 spiro atoms. The van der Waals surface area contributed by atoms with Crippen molar-refractivity contribution in [2.45, 2.75) is 104 Å². The van der Waals surface area contributed by atoms with Gasteiger partial charge in [-0.05, 0) is 128 Å². The van der Waals surface area contributed by atoms with Gasteiger partial charge in [0.1, 0.15) is 23.8 Å². The van der Waals surface area contributed by atoms with Gasteiger partial charge >= 0.3 is 5.97 Å². The van der Waals surface area contributed by atoms with Crippen LogP contribution in [0.2, 0.25) is 5.54 Å². The first-order valence-electron chi connectivity index (χ1n) is 18.2. The fourth-order valence-electron chi connectivity index (χ4n) is 7.55. The number of Topliss-reactive ketones (excluding diaryl/α,β-unsaturated/α-hetero) is 1. The molecule has 278 valence electrons. The number of hydrogen-bond acceptors (Lipinski definition) is 7. The van der Waals surface area contributed by atoms with Crippen molar-refractivity contribution >= 4 is 22.0 Å². The highest BCUT2D eigenvalue weighted by Gasteiger charge is 2.32. The molecule has 0 amide bonds. The number of esters is 1. The number of carbonyl (C=O) groups is 2. The smallest absolute Gasteiger partial charge is 0.306 e. The van der Waals surface area contributed by atoms with Crippen molar-refractivity contribution in [2.24, 2.45) is 5.92 Å². The summed E-state index contributed by atoms with van der Waals surface area (Å²) >= 11 is 0. The molecule has 1 unspecified atom stereocenters. The molecule has 4 rings (SSSR count). The number of carbonyl (C=O) groups excluding carboxylic acids is 2. The molecule has 0 N–H and O–H groups in total. The molecule has 1 saturated heterocycles. The van der Waals surface area contributed by atoms with Crippen LogP contribution in [0.15, 0.2) is 35.1 Å². The maximum atomic E-state index is 16.1. The summed E-state index contributed by atoms with van der Waals surface area (Å²) in [6, 6.07) is 8.24. The van der Waals surface area contributed by atoms with Gasteiger partial charge in [-0.1, -0.05) is 13.8 Å². The van der Waals surface area contributed by atoms with Crippen LogP contribution in [-0.4, -0.2) is 76.2 Å². The predicted octanol–water partition coefficient (Wildman–Crippen LogP) is 6.32. The van der Waals surface area contributed by atoms with Gasteiger partial charge in [-0.3, -0.25) is 19.3 Å². The Morgan fingerprint density at radius 1 is 1.02 bits per heavy atom. The van der Waals surface area contributed by atoms with Gasteiger partial charge in [-0.2, -0.15) is 5.10 Å². The van der Waals surface area contributed by atoms with E-state index in [0.29, 0.717) is 59.0 Å². The van der Waals surface area contributed by atoms with E-state index in [1.807, 2.05) is 43.9 Å². The van der Waals surface area contributed by atoms with E-state index in [9.17, 15) is 18.8 Å². The second-order valence-electron chi connectivity index (χ2n) is 14.8. The van der Waals surface area contributed by atoms with Crippen molar-refractivity contribution in [2.75, 3.05) is 33.4 Å². The molecule has 3 atom stereocenters. The molecule has 1 aromatic heterocycles. The Morgan fingerprint density at radius 3 is 2.27 bits per heavy atom. The molecule has 0 bridgehead atoms. The van der Waals surface area contributed by atoms with Gasteiger partial charge in [0.2, 0.25) is 0 Å². The van der Waals surface area contributed by atoms with Crippen LogP contribution in [0.4, 0.5) is 8.78 Å². The topological polar surface area (TPSA) is 90.7 Å². The third-order valence-electron chi connectivity index (χ3n) is 10.0. The summed E-state index contributed by atoms with van der Waals surface area (Å²) in [6.45, 7) is 15.0. The van der Waals surface area contributed by atoms with Gasteiger partial charge in [0, 0.05) is 48.8 Å². The summed E-state index contributed by atoms with van der Waals surface area (Å²) in [5.74, 6) is -0.650. The van der Waals surface area contributed by atoms with Crippen LogP contribution < -0.4 is 10.3 Å². The van der Waals surface area contributed by atoms with E-state index in [0.717, 1.165) is 40.0 Å². The van der Waals surface area contributed by atoms with Crippen molar-refractivity contribution in [3.8, 4) is 16.9 Å². The highest BCUT2D eigenvalue weighted by molar-refractivity contribution is 6.14. The van der Waals surface area contributed by atoms with E-state index in [2.05, 4.69) is 13.8 Å². The third-order valence-corrected chi connectivity index (χ3v) is 11.1. The van der Waals surface area contributed by atoms with Gasteiger partial charge in [-0.25, -0.2) is 13.5 Å².